The maximum absolute atomic E-state index is 14.0. The Morgan fingerprint density at radius 3 is 2.64 bits per heavy atom. The van der Waals surface area contributed by atoms with Crippen LogP contribution in [-0.4, -0.2) is 48.1 Å². The fourth-order valence-corrected chi connectivity index (χ4v) is 7.81. The molecular weight excluding hydrogens is 598 g/mol. The van der Waals surface area contributed by atoms with Gasteiger partial charge in [-0.05, 0) is 64.7 Å². The molecule has 2 heterocycles. The first-order chi connectivity index (χ1) is 19.9. The number of hydrogen-bond acceptors (Lipinski definition) is 7. The number of carbonyl (C=O) groups is 1. The molecule has 0 saturated heterocycles. The predicted octanol–water partition coefficient (Wildman–Crippen LogP) is 5.42. The van der Waals surface area contributed by atoms with Crippen molar-refractivity contribution in [2.75, 3.05) is 5.73 Å². The Kier molecular flexibility index (Phi) is 7.15. The zero-order chi connectivity index (χ0) is 29.9. The first-order valence-electron chi connectivity index (χ1n) is 14.4. The molecule has 3 aromatic rings. The fourth-order valence-electron chi connectivity index (χ4n) is 6.80. The average molecular weight is 638 g/mol. The summed E-state index contributed by atoms with van der Waals surface area (Å²) in [4.78, 5) is 13.5. The van der Waals surface area contributed by atoms with Gasteiger partial charge in [0.1, 0.15) is 11.3 Å². The van der Waals surface area contributed by atoms with E-state index in [-0.39, 0.29) is 26.5 Å². The molecule has 3 saturated carbocycles. The number of halogens is 1. The maximum atomic E-state index is 14.0. The van der Waals surface area contributed by atoms with E-state index in [0.29, 0.717) is 37.1 Å². The van der Waals surface area contributed by atoms with Crippen LogP contribution in [0.3, 0.4) is 0 Å². The first-order valence-corrected chi connectivity index (χ1v) is 17.0. The van der Waals surface area contributed by atoms with Gasteiger partial charge in [-0.3, -0.25) is 0 Å². The van der Waals surface area contributed by atoms with Gasteiger partial charge in [0, 0.05) is 0 Å². The molecule has 2 bridgehead atoms. The van der Waals surface area contributed by atoms with Crippen molar-refractivity contribution in [3.63, 3.8) is 0 Å². The zero-order valence-electron chi connectivity index (χ0n) is 24.6. The number of anilines is 1. The van der Waals surface area contributed by atoms with E-state index in [9.17, 15) is 9.18 Å². The van der Waals surface area contributed by atoms with Crippen LogP contribution >= 0.6 is 0 Å². The van der Waals surface area contributed by atoms with Crippen LogP contribution in [0.5, 0.6) is 0 Å². The molecule has 3 aliphatic carbocycles. The van der Waals surface area contributed by atoms with E-state index in [4.69, 9.17) is 15.9 Å². The van der Waals surface area contributed by atoms with Crippen LogP contribution in [0.2, 0.25) is 5.82 Å². The molecule has 0 unspecified atom stereocenters. The SMILES string of the molecule is C[Se]c1cc(N)c(C=N)c(C2=CN(Cc3ccc4cc(CCCC56CC(F)(C5)C6)n(C(=O)OC(C)(C)C)c4c3)NN2)c1. The second-order valence-corrected chi connectivity index (χ2v) is 15.0. The third-order valence-electron chi connectivity index (χ3n) is 8.56. The molecule has 4 aliphatic rings. The van der Waals surface area contributed by atoms with E-state index in [1.54, 1.807) is 4.57 Å². The summed E-state index contributed by atoms with van der Waals surface area (Å²) >= 11 is 0.279. The Morgan fingerprint density at radius 1 is 1.21 bits per heavy atom. The number of nitrogens with two attached hydrogens (primary N) is 1. The molecule has 0 atom stereocenters. The quantitative estimate of drug-likeness (QED) is 0.142. The third kappa shape index (κ3) is 5.43. The second kappa shape index (κ2) is 10.4. The van der Waals surface area contributed by atoms with Gasteiger partial charge in [-0.2, -0.15) is 0 Å². The minimum absolute atomic E-state index is 0.192. The summed E-state index contributed by atoms with van der Waals surface area (Å²) in [6.45, 7) is 6.17. The van der Waals surface area contributed by atoms with Gasteiger partial charge in [-0.15, -0.1) is 0 Å². The number of alkyl halides is 1. The predicted molar refractivity (Wildman–Crippen MR) is 166 cm³/mol. The number of nitrogens with zero attached hydrogens (tertiary/aromatic N) is 2. The van der Waals surface area contributed by atoms with Crippen molar-refractivity contribution in [2.24, 2.45) is 5.41 Å². The van der Waals surface area contributed by atoms with Crippen molar-refractivity contribution in [3.8, 4) is 0 Å². The Labute approximate surface area is 252 Å². The second-order valence-electron chi connectivity index (χ2n) is 13.1. The number of nitrogen functional groups attached to an aromatic ring is 1. The molecule has 8 nitrogen and oxygen atoms in total. The van der Waals surface area contributed by atoms with E-state index in [0.717, 1.165) is 52.7 Å². The zero-order valence-corrected chi connectivity index (χ0v) is 26.4. The Morgan fingerprint density at radius 2 is 1.98 bits per heavy atom. The summed E-state index contributed by atoms with van der Waals surface area (Å²) in [5.41, 5.74) is 17.1. The van der Waals surface area contributed by atoms with Crippen molar-refractivity contribution in [1.82, 2.24) is 20.5 Å². The number of hydrazine groups is 2. The van der Waals surface area contributed by atoms with Gasteiger partial charge >= 0.3 is 163 Å². The van der Waals surface area contributed by atoms with E-state index in [1.165, 1.54) is 10.7 Å². The van der Waals surface area contributed by atoms with Gasteiger partial charge in [0.15, 0.2) is 0 Å². The number of aryl methyl sites for hydroxylation is 1. The molecule has 10 heteroatoms. The van der Waals surface area contributed by atoms with E-state index in [2.05, 4.69) is 41.0 Å². The number of rotatable bonds is 9. The summed E-state index contributed by atoms with van der Waals surface area (Å²) in [5.74, 6) is 2.14. The number of fused-ring (bicyclic) bond motifs is 1. The molecular formula is C32H39FN6O2Se. The van der Waals surface area contributed by atoms with E-state index < -0.39 is 11.3 Å². The summed E-state index contributed by atoms with van der Waals surface area (Å²) in [6, 6.07) is 12.3. The van der Waals surface area contributed by atoms with Gasteiger partial charge < -0.3 is 4.74 Å². The molecule has 2 aromatic carbocycles. The Balaban J connectivity index is 1.24. The van der Waals surface area contributed by atoms with Crippen LogP contribution in [0.1, 0.15) is 75.3 Å². The van der Waals surface area contributed by atoms with Crippen LogP contribution in [0.15, 0.2) is 42.6 Å². The van der Waals surface area contributed by atoms with Crippen molar-refractivity contribution < 1.29 is 13.9 Å². The van der Waals surface area contributed by atoms with Crippen LogP contribution < -0.4 is 21.2 Å². The van der Waals surface area contributed by atoms with E-state index in [1.807, 2.05) is 44.1 Å². The summed E-state index contributed by atoms with van der Waals surface area (Å²) in [6.07, 6.45) is 7.66. The molecule has 222 valence electrons. The van der Waals surface area contributed by atoms with Crippen molar-refractivity contribution in [1.29, 1.82) is 5.41 Å². The van der Waals surface area contributed by atoms with Crippen LogP contribution in [0.25, 0.3) is 16.6 Å². The van der Waals surface area contributed by atoms with E-state index >= 15 is 0 Å². The molecule has 0 amide bonds. The van der Waals surface area contributed by atoms with Crippen LogP contribution in [0, 0.1) is 10.8 Å². The third-order valence-corrected chi connectivity index (χ3v) is 10.0. The Hall–Kier alpha value is -3.33. The standard InChI is InChI=1S/C32H39FN6O2Se/c1-30(2,3)41-29(40)39-22(6-5-9-31-17-32(33,18-31)19-31)11-21-8-7-20(10-28(21)39)15-38-16-27(36-37-38)24-12-23(42-4)13-26(35)25(24)14-34/h7-8,10-14,16,34,36-37H,5-6,9,15,17-19,35H2,1-4H3. The number of ether oxygens (including phenoxy) is 1. The molecule has 7 rings (SSSR count). The molecule has 0 spiro atoms. The summed E-state index contributed by atoms with van der Waals surface area (Å²) < 4.78 is 22.7. The first kappa shape index (κ1) is 28.8. The van der Waals surface area contributed by atoms with Gasteiger partial charge in [0.25, 0.3) is 0 Å². The average Bonchev–Trinajstić information content (AvgIpc) is 3.49. The minimum atomic E-state index is -0.882. The number of benzene rings is 2. The van der Waals surface area contributed by atoms with Gasteiger partial charge in [0.05, 0.1) is 0 Å². The van der Waals surface area contributed by atoms with Crippen molar-refractivity contribution in [2.45, 2.75) is 82.9 Å². The monoisotopic (exact) mass is 638 g/mol. The fraction of sp³-hybridized carbons (Fsp3) is 0.438. The number of aromatic nitrogens is 1. The van der Waals surface area contributed by atoms with Gasteiger partial charge in [-0.25, -0.2) is 9.18 Å². The number of nitrogens with one attached hydrogen (secondary N) is 3. The molecule has 0 radical (unpaired) electrons. The molecule has 1 aliphatic heterocycles. The topological polar surface area (TPSA) is 108 Å². The Bertz CT molecular complexity index is 1590. The van der Waals surface area contributed by atoms with Crippen molar-refractivity contribution in [3.05, 3.63) is 65.0 Å². The molecule has 1 aromatic heterocycles. The van der Waals surface area contributed by atoms with Gasteiger partial charge in [-0.1, -0.05) is 0 Å². The molecule has 3 fully saturated rings. The van der Waals surface area contributed by atoms with Crippen LogP contribution in [-0.2, 0) is 17.7 Å². The van der Waals surface area contributed by atoms with Gasteiger partial charge in [0.2, 0.25) is 0 Å². The normalized spacial score (nSPS) is 22.8. The van der Waals surface area contributed by atoms with Crippen LogP contribution in [0.4, 0.5) is 14.9 Å². The summed E-state index contributed by atoms with van der Waals surface area (Å²) in [7, 11) is 0. The molecule has 5 N–H and O–H groups in total. The summed E-state index contributed by atoms with van der Waals surface area (Å²) in [5, 5.41) is 10.8. The number of hydrogen-bond donors (Lipinski definition) is 4. The van der Waals surface area contributed by atoms with Crippen molar-refractivity contribution >= 4 is 54.0 Å². The number of carbonyl (C=O) groups excluding carboxylic acids is 1. The molecule has 42 heavy (non-hydrogen) atoms.